The van der Waals surface area contributed by atoms with Gasteiger partial charge in [-0.1, -0.05) is 44.2 Å². The highest BCUT2D eigenvalue weighted by molar-refractivity contribution is 7.89. The molecule has 1 aromatic carbocycles. The number of nitrogens with one attached hydrogen (secondary N) is 1. The molecule has 1 heterocycles. The van der Waals surface area contributed by atoms with Crippen molar-refractivity contribution in [3.63, 3.8) is 0 Å². The Bertz CT molecular complexity index is 845. The van der Waals surface area contributed by atoms with Gasteiger partial charge in [-0.2, -0.15) is 0 Å². The maximum absolute atomic E-state index is 12.5. The summed E-state index contributed by atoms with van der Waals surface area (Å²) in [5.74, 6) is 0.127. The molecule has 1 amide bonds. The lowest BCUT2D eigenvalue weighted by Crippen LogP contribution is -2.27. The molecule has 0 aliphatic carbocycles. The van der Waals surface area contributed by atoms with Crippen molar-refractivity contribution in [2.24, 2.45) is 11.1 Å². The summed E-state index contributed by atoms with van der Waals surface area (Å²) in [5.41, 5.74) is 1.20. The van der Waals surface area contributed by atoms with Crippen LogP contribution >= 0.6 is 0 Å². The van der Waals surface area contributed by atoms with Crippen molar-refractivity contribution in [2.75, 3.05) is 19.8 Å². The van der Waals surface area contributed by atoms with Gasteiger partial charge in [-0.3, -0.25) is 4.79 Å². The molecule has 8 heteroatoms. The summed E-state index contributed by atoms with van der Waals surface area (Å²) in [6, 6.07) is 10.8. The molecule has 0 saturated heterocycles. The number of carbonyl (C=O) groups excluding carboxylic acids is 1. The summed E-state index contributed by atoms with van der Waals surface area (Å²) in [7, 11) is -3.89. The number of aromatic nitrogens is 1. The molecule has 0 fully saturated rings. The van der Waals surface area contributed by atoms with E-state index in [1.54, 1.807) is 4.57 Å². The molecule has 0 radical (unpaired) electrons. The number of hydrogen-bond donors (Lipinski definition) is 2. The number of nitrogens with two attached hydrogens (primary N) is 1. The second-order valence-electron chi connectivity index (χ2n) is 6.80. The Morgan fingerprint density at radius 3 is 2.59 bits per heavy atom. The van der Waals surface area contributed by atoms with Gasteiger partial charge in [0.05, 0.1) is 0 Å². The van der Waals surface area contributed by atoms with E-state index in [0.717, 1.165) is 5.56 Å². The van der Waals surface area contributed by atoms with Crippen molar-refractivity contribution in [3.8, 4) is 0 Å². The molecule has 148 valence electrons. The third-order valence-corrected chi connectivity index (χ3v) is 4.71. The van der Waals surface area contributed by atoms with E-state index in [1.807, 2.05) is 30.3 Å². The van der Waals surface area contributed by atoms with E-state index in [2.05, 4.69) is 19.2 Å². The third-order valence-electron chi connectivity index (χ3n) is 3.83. The molecule has 0 unspecified atom stereocenters. The van der Waals surface area contributed by atoms with Gasteiger partial charge in [0.2, 0.25) is 10.0 Å². The van der Waals surface area contributed by atoms with Crippen molar-refractivity contribution in [1.82, 2.24) is 9.88 Å². The minimum atomic E-state index is -3.89. The molecule has 0 aliphatic heterocycles. The lowest BCUT2D eigenvalue weighted by atomic mass is 10.2. The van der Waals surface area contributed by atoms with Crippen molar-refractivity contribution in [1.29, 1.82) is 0 Å². The summed E-state index contributed by atoms with van der Waals surface area (Å²) in [6.07, 6.45) is 2.07. The average molecular weight is 394 g/mol. The largest absolute Gasteiger partial charge is 0.381 e. The lowest BCUT2D eigenvalue weighted by Gasteiger charge is -2.10. The van der Waals surface area contributed by atoms with Crippen LogP contribution in [0.4, 0.5) is 0 Å². The molecule has 0 saturated carbocycles. The number of rotatable bonds is 10. The number of carbonyl (C=O) groups is 1. The van der Waals surface area contributed by atoms with Crippen LogP contribution < -0.4 is 10.5 Å². The van der Waals surface area contributed by atoms with Crippen LogP contribution in [0.1, 0.15) is 36.3 Å². The second kappa shape index (κ2) is 9.68. The number of primary sulfonamides is 1. The normalized spacial score (nSPS) is 11.7. The Labute approximate surface area is 160 Å². The van der Waals surface area contributed by atoms with E-state index in [-0.39, 0.29) is 16.5 Å². The van der Waals surface area contributed by atoms with Crippen molar-refractivity contribution in [2.45, 2.75) is 31.7 Å². The Morgan fingerprint density at radius 1 is 1.26 bits per heavy atom. The van der Waals surface area contributed by atoms with Crippen LogP contribution in [-0.4, -0.2) is 38.7 Å². The predicted octanol–water partition coefficient (Wildman–Crippen LogP) is 1.98. The molecule has 0 atom stereocenters. The molecular weight excluding hydrogens is 366 g/mol. The molecule has 27 heavy (non-hydrogen) atoms. The maximum Gasteiger partial charge on any atom is 0.267 e. The van der Waals surface area contributed by atoms with Crippen molar-refractivity contribution in [3.05, 3.63) is 53.9 Å². The van der Waals surface area contributed by atoms with E-state index in [1.165, 1.54) is 12.3 Å². The second-order valence-corrected chi connectivity index (χ2v) is 8.36. The fourth-order valence-corrected chi connectivity index (χ4v) is 3.08. The van der Waals surface area contributed by atoms with E-state index in [0.29, 0.717) is 38.6 Å². The molecule has 3 N–H and O–H groups in total. The Morgan fingerprint density at radius 2 is 1.96 bits per heavy atom. The van der Waals surface area contributed by atoms with Crippen LogP contribution in [-0.2, 0) is 21.3 Å². The van der Waals surface area contributed by atoms with E-state index < -0.39 is 10.0 Å². The monoisotopic (exact) mass is 393 g/mol. The number of ether oxygens (including phenoxy) is 1. The van der Waals surface area contributed by atoms with Crippen LogP contribution in [0.5, 0.6) is 0 Å². The number of benzene rings is 1. The van der Waals surface area contributed by atoms with Gasteiger partial charge in [0.25, 0.3) is 5.91 Å². The summed E-state index contributed by atoms with van der Waals surface area (Å²) < 4.78 is 30.4. The zero-order valence-electron chi connectivity index (χ0n) is 15.7. The zero-order chi connectivity index (χ0) is 19.9. The van der Waals surface area contributed by atoms with Gasteiger partial charge in [-0.05, 0) is 24.0 Å². The van der Waals surface area contributed by atoms with Gasteiger partial charge in [0.15, 0.2) is 0 Å². The van der Waals surface area contributed by atoms with E-state index >= 15 is 0 Å². The molecule has 2 rings (SSSR count). The number of hydrogen-bond acceptors (Lipinski definition) is 4. The van der Waals surface area contributed by atoms with Crippen LogP contribution in [0.25, 0.3) is 0 Å². The maximum atomic E-state index is 12.5. The molecule has 0 aliphatic rings. The summed E-state index contributed by atoms with van der Waals surface area (Å²) in [4.78, 5) is 12.4. The smallest absolute Gasteiger partial charge is 0.267 e. The predicted molar refractivity (Wildman–Crippen MR) is 104 cm³/mol. The first-order valence-electron chi connectivity index (χ1n) is 8.90. The minimum absolute atomic E-state index is 0.0798. The SMILES string of the molecule is CC(C)COCCCNC(=O)c1cc(S(N)(=O)=O)cn1Cc1ccccc1. The van der Waals surface area contributed by atoms with E-state index in [4.69, 9.17) is 9.88 Å². The molecule has 0 bridgehead atoms. The number of amides is 1. The number of nitrogens with zero attached hydrogens (tertiary/aromatic N) is 1. The van der Waals surface area contributed by atoms with Crippen molar-refractivity contribution < 1.29 is 17.9 Å². The van der Waals surface area contributed by atoms with Gasteiger partial charge in [-0.15, -0.1) is 0 Å². The summed E-state index contributed by atoms with van der Waals surface area (Å²) in [6.45, 7) is 6.21. The third kappa shape index (κ3) is 6.82. The van der Waals surface area contributed by atoms with Crippen molar-refractivity contribution >= 4 is 15.9 Å². The quantitative estimate of drug-likeness (QED) is 0.602. The summed E-state index contributed by atoms with van der Waals surface area (Å²) >= 11 is 0. The van der Waals surface area contributed by atoms with E-state index in [9.17, 15) is 13.2 Å². The summed E-state index contributed by atoms with van der Waals surface area (Å²) in [5, 5.41) is 8.03. The average Bonchev–Trinajstić information content (AvgIpc) is 3.02. The molecule has 0 spiro atoms. The van der Waals surface area contributed by atoms with Gasteiger partial charge >= 0.3 is 0 Å². The number of sulfonamides is 1. The highest BCUT2D eigenvalue weighted by Gasteiger charge is 2.19. The topological polar surface area (TPSA) is 103 Å². The van der Waals surface area contributed by atoms with Crippen LogP contribution in [0.2, 0.25) is 0 Å². The first-order valence-corrected chi connectivity index (χ1v) is 10.4. The fourth-order valence-electron chi connectivity index (χ4n) is 2.53. The lowest BCUT2D eigenvalue weighted by molar-refractivity contribution is 0.0917. The Hall–Kier alpha value is -2.16. The zero-order valence-corrected chi connectivity index (χ0v) is 16.5. The van der Waals surface area contributed by atoms with Gasteiger partial charge in [-0.25, -0.2) is 13.6 Å². The fraction of sp³-hybridized carbons (Fsp3) is 0.421. The molecule has 2 aromatic rings. The van der Waals surface area contributed by atoms with Crippen LogP contribution in [0.15, 0.2) is 47.5 Å². The first-order chi connectivity index (χ1) is 12.8. The first kappa shape index (κ1) is 21.1. The highest BCUT2D eigenvalue weighted by Crippen LogP contribution is 2.15. The Kier molecular flexibility index (Phi) is 7.58. The standard InChI is InChI=1S/C19H27N3O4S/c1-15(2)14-26-10-6-9-21-19(23)18-11-17(27(20,24)25)13-22(18)12-16-7-4-3-5-8-16/h3-5,7-8,11,13,15H,6,9-10,12,14H2,1-2H3,(H,21,23)(H2,20,24,25). The highest BCUT2D eigenvalue weighted by atomic mass is 32.2. The molecule has 1 aromatic heterocycles. The van der Waals surface area contributed by atoms with Gasteiger partial charge in [0, 0.05) is 32.5 Å². The van der Waals surface area contributed by atoms with Crippen LogP contribution in [0, 0.1) is 5.92 Å². The Balaban J connectivity index is 2.05. The van der Waals surface area contributed by atoms with Crippen LogP contribution in [0.3, 0.4) is 0 Å². The van der Waals surface area contributed by atoms with Gasteiger partial charge in [0.1, 0.15) is 10.6 Å². The van der Waals surface area contributed by atoms with Gasteiger partial charge < -0.3 is 14.6 Å². The molecular formula is C19H27N3O4S. The molecule has 7 nitrogen and oxygen atoms in total. The minimum Gasteiger partial charge on any atom is -0.381 e.